The van der Waals surface area contributed by atoms with Crippen LogP contribution in [0.15, 0.2) is 18.3 Å². The third-order valence-corrected chi connectivity index (χ3v) is 3.59. The largest absolute Gasteiger partial charge is 0.481 e. The Morgan fingerprint density at radius 2 is 2.00 bits per heavy atom. The number of methoxy groups -OCH3 is 1. The van der Waals surface area contributed by atoms with E-state index in [4.69, 9.17) is 10.5 Å². The van der Waals surface area contributed by atoms with E-state index in [1.807, 2.05) is 18.3 Å². The van der Waals surface area contributed by atoms with Crippen molar-refractivity contribution >= 4 is 0 Å². The summed E-state index contributed by atoms with van der Waals surface area (Å²) in [5, 5.41) is 0. The Morgan fingerprint density at radius 1 is 1.33 bits per heavy atom. The summed E-state index contributed by atoms with van der Waals surface area (Å²) in [4.78, 5) is 6.61. The van der Waals surface area contributed by atoms with E-state index in [0.717, 1.165) is 18.4 Å². The van der Waals surface area contributed by atoms with E-state index in [1.54, 1.807) is 7.11 Å². The standard InChI is InChI=1S/C14H25N3O/c1-5-12(6-2)17(3)13(9-15)11-7-8-14(18-4)16-10-11/h7-8,10,12-13H,5-6,9,15H2,1-4H3. The molecular formula is C14H25N3O. The van der Waals surface area contributed by atoms with E-state index >= 15 is 0 Å². The smallest absolute Gasteiger partial charge is 0.212 e. The lowest BCUT2D eigenvalue weighted by molar-refractivity contribution is 0.167. The van der Waals surface area contributed by atoms with Gasteiger partial charge in [-0.1, -0.05) is 19.9 Å². The van der Waals surface area contributed by atoms with Gasteiger partial charge in [0.2, 0.25) is 5.88 Å². The first-order valence-corrected chi connectivity index (χ1v) is 6.59. The van der Waals surface area contributed by atoms with Gasteiger partial charge in [-0.25, -0.2) is 4.98 Å². The van der Waals surface area contributed by atoms with Crippen molar-refractivity contribution in [2.45, 2.75) is 38.8 Å². The Kier molecular flexibility index (Phi) is 6.09. The number of likely N-dealkylation sites (N-methyl/N-ethyl adjacent to an activating group) is 1. The minimum Gasteiger partial charge on any atom is -0.481 e. The van der Waals surface area contributed by atoms with Crippen LogP contribution in [-0.4, -0.2) is 36.6 Å². The van der Waals surface area contributed by atoms with Gasteiger partial charge < -0.3 is 10.5 Å². The highest BCUT2D eigenvalue weighted by Crippen LogP contribution is 2.23. The Bertz CT molecular complexity index is 335. The van der Waals surface area contributed by atoms with Crippen molar-refractivity contribution in [2.75, 3.05) is 20.7 Å². The summed E-state index contributed by atoms with van der Waals surface area (Å²) in [5.74, 6) is 0.639. The zero-order valence-corrected chi connectivity index (χ0v) is 11.9. The molecule has 1 heterocycles. The molecule has 0 spiro atoms. The molecule has 1 unspecified atom stereocenters. The van der Waals surface area contributed by atoms with Crippen molar-refractivity contribution in [3.63, 3.8) is 0 Å². The van der Waals surface area contributed by atoms with Gasteiger partial charge >= 0.3 is 0 Å². The van der Waals surface area contributed by atoms with Gasteiger partial charge in [0, 0.05) is 30.9 Å². The SMILES string of the molecule is CCC(CC)N(C)C(CN)c1ccc(OC)nc1. The second kappa shape index (κ2) is 7.34. The molecule has 0 bridgehead atoms. The number of nitrogens with zero attached hydrogens (tertiary/aromatic N) is 2. The highest BCUT2D eigenvalue weighted by molar-refractivity contribution is 5.21. The van der Waals surface area contributed by atoms with Crippen molar-refractivity contribution in [2.24, 2.45) is 5.73 Å². The van der Waals surface area contributed by atoms with Crippen molar-refractivity contribution in [1.82, 2.24) is 9.88 Å². The monoisotopic (exact) mass is 251 g/mol. The molecule has 0 saturated carbocycles. The average molecular weight is 251 g/mol. The fourth-order valence-corrected chi connectivity index (χ4v) is 2.37. The number of hydrogen-bond acceptors (Lipinski definition) is 4. The summed E-state index contributed by atoms with van der Waals surface area (Å²) >= 11 is 0. The number of aromatic nitrogens is 1. The van der Waals surface area contributed by atoms with Crippen molar-refractivity contribution in [3.05, 3.63) is 23.9 Å². The molecule has 0 aromatic carbocycles. The zero-order chi connectivity index (χ0) is 13.5. The first kappa shape index (κ1) is 14.9. The van der Waals surface area contributed by atoms with E-state index in [1.165, 1.54) is 0 Å². The average Bonchev–Trinajstić information content (AvgIpc) is 2.42. The third-order valence-electron chi connectivity index (χ3n) is 3.59. The molecule has 1 aromatic heterocycles. The fourth-order valence-electron chi connectivity index (χ4n) is 2.37. The van der Waals surface area contributed by atoms with Crippen molar-refractivity contribution in [1.29, 1.82) is 0 Å². The van der Waals surface area contributed by atoms with E-state index in [2.05, 4.69) is 30.8 Å². The highest BCUT2D eigenvalue weighted by Gasteiger charge is 2.21. The lowest BCUT2D eigenvalue weighted by atomic mass is 10.0. The molecule has 0 aliphatic heterocycles. The Balaban J connectivity index is 2.86. The highest BCUT2D eigenvalue weighted by atomic mass is 16.5. The number of ether oxygens (including phenoxy) is 1. The van der Waals surface area contributed by atoms with Crippen LogP contribution in [0.4, 0.5) is 0 Å². The molecule has 0 radical (unpaired) electrons. The van der Waals surface area contributed by atoms with Crippen LogP contribution in [0.5, 0.6) is 5.88 Å². The summed E-state index contributed by atoms with van der Waals surface area (Å²) in [6, 6.07) is 4.70. The zero-order valence-electron chi connectivity index (χ0n) is 11.9. The van der Waals surface area contributed by atoms with Crippen LogP contribution in [0, 0.1) is 0 Å². The molecule has 1 atom stereocenters. The number of nitrogens with two attached hydrogens (primary N) is 1. The van der Waals surface area contributed by atoms with Crippen LogP contribution in [-0.2, 0) is 0 Å². The van der Waals surface area contributed by atoms with Gasteiger partial charge in [-0.15, -0.1) is 0 Å². The van der Waals surface area contributed by atoms with Crippen molar-refractivity contribution in [3.8, 4) is 5.88 Å². The summed E-state index contributed by atoms with van der Waals surface area (Å²) in [6.45, 7) is 5.02. The maximum Gasteiger partial charge on any atom is 0.212 e. The number of pyridine rings is 1. The van der Waals surface area contributed by atoms with Crippen LogP contribution < -0.4 is 10.5 Å². The Morgan fingerprint density at radius 3 is 2.39 bits per heavy atom. The second-order valence-electron chi connectivity index (χ2n) is 4.52. The van der Waals surface area contributed by atoms with Crippen LogP contribution in [0.3, 0.4) is 0 Å². The second-order valence-corrected chi connectivity index (χ2v) is 4.52. The van der Waals surface area contributed by atoms with E-state index in [0.29, 0.717) is 18.5 Å². The first-order chi connectivity index (χ1) is 8.67. The Hall–Kier alpha value is -1.13. The Labute approximate surface area is 110 Å². The first-order valence-electron chi connectivity index (χ1n) is 6.59. The molecular weight excluding hydrogens is 226 g/mol. The quantitative estimate of drug-likeness (QED) is 0.807. The molecule has 0 saturated heterocycles. The topological polar surface area (TPSA) is 51.4 Å². The molecule has 0 fully saturated rings. The number of rotatable bonds is 7. The molecule has 4 nitrogen and oxygen atoms in total. The lowest BCUT2D eigenvalue weighted by Gasteiger charge is -2.33. The maximum atomic E-state index is 5.92. The summed E-state index contributed by atoms with van der Waals surface area (Å²) in [5.41, 5.74) is 7.07. The molecule has 1 rings (SSSR count). The summed E-state index contributed by atoms with van der Waals surface area (Å²) in [7, 11) is 3.76. The fraction of sp³-hybridized carbons (Fsp3) is 0.643. The van der Waals surface area contributed by atoms with Gasteiger partial charge in [-0.05, 0) is 25.5 Å². The molecule has 2 N–H and O–H groups in total. The van der Waals surface area contributed by atoms with Gasteiger partial charge in [0.1, 0.15) is 0 Å². The summed E-state index contributed by atoms with van der Waals surface area (Å²) in [6.07, 6.45) is 4.12. The van der Waals surface area contributed by atoms with Gasteiger partial charge in [0.05, 0.1) is 7.11 Å². The molecule has 0 aliphatic rings. The van der Waals surface area contributed by atoms with E-state index < -0.39 is 0 Å². The van der Waals surface area contributed by atoms with Gasteiger partial charge in [0.15, 0.2) is 0 Å². The maximum absolute atomic E-state index is 5.92. The van der Waals surface area contributed by atoms with Crippen LogP contribution in [0.25, 0.3) is 0 Å². The van der Waals surface area contributed by atoms with Gasteiger partial charge in [-0.3, -0.25) is 4.90 Å². The van der Waals surface area contributed by atoms with Gasteiger partial charge in [-0.2, -0.15) is 0 Å². The lowest BCUT2D eigenvalue weighted by Crippen LogP contribution is -2.38. The molecule has 1 aromatic rings. The molecule has 0 amide bonds. The minimum atomic E-state index is 0.216. The van der Waals surface area contributed by atoms with Crippen LogP contribution >= 0.6 is 0 Å². The molecule has 0 aliphatic carbocycles. The van der Waals surface area contributed by atoms with E-state index in [-0.39, 0.29) is 6.04 Å². The third kappa shape index (κ3) is 3.43. The molecule has 102 valence electrons. The van der Waals surface area contributed by atoms with Crippen LogP contribution in [0.1, 0.15) is 38.3 Å². The predicted octanol–water partition coefficient (Wildman–Crippen LogP) is 2.21. The predicted molar refractivity (Wildman–Crippen MR) is 74.7 cm³/mol. The minimum absolute atomic E-state index is 0.216. The van der Waals surface area contributed by atoms with Crippen molar-refractivity contribution < 1.29 is 4.74 Å². The molecule has 4 heteroatoms. The van der Waals surface area contributed by atoms with E-state index in [9.17, 15) is 0 Å². The molecule has 18 heavy (non-hydrogen) atoms. The summed E-state index contributed by atoms with van der Waals surface area (Å²) < 4.78 is 5.08. The van der Waals surface area contributed by atoms with Gasteiger partial charge in [0.25, 0.3) is 0 Å². The normalized spacial score (nSPS) is 13.1. The number of hydrogen-bond donors (Lipinski definition) is 1. The van der Waals surface area contributed by atoms with Crippen LogP contribution in [0.2, 0.25) is 0 Å².